The van der Waals surface area contributed by atoms with Crippen LogP contribution in [0.5, 0.6) is 0 Å². The molecule has 6 nitrogen and oxygen atoms in total. The van der Waals surface area contributed by atoms with E-state index in [0.29, 0.717) is 24.9 Å². The summed E-state index contributed by atoms with van der Waals surface area (Å²) in [6, 6.07) is 5.94. The molecule has 28 heavy (non-hydrogen) atoms. The summed E-state index contributed by atoms with van der Waals surface area (Å²) < 4.78 is 0. The van der Waals surface area contributed by atoms with E-state index in [1.54, 1.807) is 0 Å². The van der Waals surface area contributed by atoms with E-state index >= 15 is 0 Å². The van der Waals surface area contributed by atoms with Gasteiger partial charge in [0.25, 0.3) is 0 Å². The van der Waals surface area contributed by atoms with Crippen molar-refractivity contribution in [2.45, 2.75) is 38.5 Å². The first-order chi connectivity index (χ1) is 13.7. The second-order valence-electron chi connectivity index (χ2n) is 9.24. The Morgan fingerprint density at radius 3 is 2.75 bits per heavy atom. The monoisotopic (exact) mass is 382 g/mol. The quantitative estimate of drug-likeness (QED) is 0.847. The van der Waals surface area contributed by atoms with Crippen molar-refractivity contribution < 1.29 is 9.59 Å². The highest BCUT2D eigenvalue weighted by molar-refractivity contribution is 5.85. The molecule has 1 aromatic heterocycles. The molecule has 1 N–H and O–H groups in total. The van der Waals surface area contributed by atoms with Crippen LogP contribution in [0.4, 0.5) is 5.82 Å². The normalized spacial score (nSPS) is 29.9. The van der Waals surface area contributed by atoms with Gasteiger partial charge >= 0.3 is 0 Å². The van der Waals surface area contributed by atoms with Crippen molar-refractivity contribution in [1.29, 1.82) is 0 Å². The van der Waals surface area contributed by atoms with Crippen molar-refractivity contribution >= 4 is 17.6 Å². The van der Waals surface area contributed by atoms with Crippen molar-refractivity contribution in [2.75, 3.05) is 37.6 Å². The number of aromatic nitrogens is 1. The predicted molar refractivity (Wildman–Crippen MR) is 107 cm³/mol. The Balaban J connectivity index is 1.39. The van der Waals surface area contributed by atoms with Crippen molar-refractivity contribution in [3.8, 4) is 0 Å². The Bertz CT molecular complexity index is 746. The maximum Gasteiger partial charge on any atom is 0.228 e. The molecule has 0 spiro atoms. The van der Waals surface area contributed by atoms with Crippen LogP contribution in [0, 0.1) is 23.2 Å². The third kappa shape index (κ3) is 3.38. The molecule has 4 aliphatic rings. The van der Waals surface area contributed by atoms with Crippen LogP contribution in [-0.2, 0) is 9.59 Å². The van der Waals surface area contributed by atoms with Crippen molar-refractivity contribution in [2.24, 2.45) is 23.2 Å². The van der Waals surface area contributed by atoms with Crippen LogP contribution in [0.25, 0.3) is 0 Å². The second-order valence-corrected chi connectivity index (χ2v) is 9.24. The van der Waals surface area contributed by atoms with Crippen LogP contribution in [-0.4, -0.2) is 54.4 Å². The first-order valence-electron chi connectivity index (χ1n) is 10.9. The van der Waals surface area contributed by atoms with Gasteiger partial charge in [-0.25, -0.2) is 4.98 Å². The first-order valence-corrected chi connectivity index (χ1v) is 10.9. The summed E-state index contributed by atoms with van der Waals surface area (Å²) in [5.41, 5.74) is -0.412. The molecule has 150 valence electrons. The average Bonchev–Trinajstić information content (AvgIpc) is 3.63. The van der Waals surface area contributed by atoms with Gasteiger partial charge in [-0.1, -0.05) is 6.07 Å². The van der Waals surface area contributed by atoms with E-state index in [2.05, 4.69) is 20.1 Å². The Kier molecular flexibility index (Phi) is 4.52. The van der Waals surface area contributed by atoms with E-state index in [1.165, 1.54) is 12.8 Å². The molecule has 0 radical (unpaired) electrons. The zero-order valence-electron chi connectivity index (χ0n) is 16.5. The predicted octanol–water partition coefficient (Wildman–Crippen LogP) is 2.06. The van der Waals surface area contributed by atoms with Gasteiger partial charge in [0.1, 0.15) is 5.82 Å². The average molecular weight is 383 g/mol. The number of hydrogen-bond donors (Lipinski definition) is 1. The van der Waals surface area contributed by atoms with Crippen LogP contribution >= 0.6 is 0 Å². The summed E-state index contributed by atoms with van der Waals surface area (Å²) >= 11 is 0. The van der Waals surface area contributed by atoms with Gasteiger partial charge in [0.05, 0.1) is 5.41 Å². The third-order valence-corrected chi connectivity index (χ3v) is 7.10. The van der Waals surface area contributed by atoms with Crippen LogP contribution in [0.2, 0.25) is 0 Å². The largest absolute Gasteiger partial charge is 0.355 e. The van der Waals surface area contributed by atoms with E-state index in [9.17, 15) is 9.59 Å². The molecule has 2 saturated carbocycles. The molecule has 2 aliphatic heterocycles. The maximum absolute atomic E-state index is 13.4. The minimum Gasteiger partial charge on any atom is -0.355 e. The summed E-state index contributed by atoms with van der Waals surface area (Å²) in [6.45, 7) is 3.81. The highest BCUT2D eigenvalue weighted by atomic mass is 16.2. The fourth-order valence-electron chi connectivity index (χ4n) is 5.04. The van der Waals surface area contributed by atoms with Gasteiger partial charge in [-0.2, -0.15) is 0 Å². The zero-order chi connectivity index (χ0) is 19.1. The zero-order valence-corrected chi connectivity index (χ0v) is 16.5. The summed E-state index contributed by atoms with van der Waals surface area (Å²) in [4.78, 5) is 35.0. The van der Waals surface area contributed by atoms with E-state index in [4.69, 9.17) is 0 Å². The number of fused-ring (bicyclic) bond motifs is 1. The number of nitrogens with one attached hydrogen (secondary N) is 1. The Morgan fingerprint density at radius 2 is 2.04 bits per heavy atom. The fourth-order valence-corrected chi connectivity index (χ4v) is 5.04. The SMILES string of the molecule is O=C(C1CC1)N1CCC[C@@]2(C(=O)NCC3CC3)CN(c3ccccn3)C[C@@H]2C1. The van der Waals surface area contributed by atoms with Gasteiger partial charge < -0.3 is 15.1 Å². The molecule has 0 aromatic carbocycles. The fraction of sp³-hybridized carbons (Fsp3) is 0.682. The minimum atomic E-state index is -0.412. The van der Waals surface area contributed by atoms with Crippen molar-refractivity contribution in [3.63, 3.8) is 0 Å². The van der Waals surface area contributed by atoms with Crippen LogP contribution in [0.1, 0.15) is 38.5 Å². The van der Waals surface area contributed by atoms with Crippen LogP contribution in [0.3, 0.4) is 0 Å². The number of nitrogens with zero attached hydrogens (tertiary/aromatic N) is 3. The summed E-state index contributed by atoms with van der Waals surface area (Å²) in [7, 11) is 0. The molecule has 6 heteroatoms. The van der Waals surface area contributed by atoms with E-state index < -0.39 is 5.41 Å². The lowest BCUT2D eigenvalue weighted by Gasteiger charge is -2.32. The molecule has 0 bridgehead atoms. The molecule has 0 unspecified atom stereocenters. The summed E-state index contributed by atoms with van der Waals surface area (Å²) in [5, 5.41) is 3.27. The molecule has 4 fully saturated rings. The minimum absolute atomic E-state index is 0.166. The third-order valence-electron chi connectivity index (χ3n) is 7.10. The molecular weight excluding hydrogens is 352 g/mol. The van der Waals surface area contributed by atoms with Gasteiger partial charge in [0, 0.05) is 50.8 Å². The van der Waals surface area contributed by atoms with Gasteiger partial charge in [-0.05, 0) is 56.6 Å². The first kappa shape index (κ1) is 18.0. The molecule has 2 atom stereocenters. The number of pyridine rings is 1. The molecule has 2 saturated heterocycles. The number of hydrogen-bond acceptors (Lipinski definition) is 4. The topological polar surface area (TPSA) is 65.5 Å². The lowest BCUT2D eigenvalue weighted by Crippen LogP contribution is -2.48. The number of anilines is 1. The van der Waals surface area contributed by atoms with Gasteiger partial charge in [-0.3, -0.25) is 9.59 Å². The Hall–Kier alpha value is -2.11. The number of carbonyl (C=O) groups is 2. The lowest BCUT2D eigenvalue weighted by atomic mass is 9.74. The van der Waals surface area contributed by atoms with Crippen molar-refractivity contribution in [3.05, 3.63) is 24.4 Å². The maximum atomic E-state index is 13.4. The number of likely N-dealkylation sites (tertiary alicyclic amines) is 1. The summed E-state index contributed by atoms with van der Waals surface area (Å²) in [5.74, 6) is 2.52. The number of amides is 2. The highest BCUT2D eigenvalue weighted by Gasteiger charge is 2.54. The van der Waals surface area contributed by atoms with Gasteiger partial charge in [-0.15, -0.1) is 0 Å². The molecule has 2 aliphatic carbocycles. The Labute approximate surface area is 166 Å². The Morgan fingerprint density at radius 1 is 1.18 bits per heavy atom. The smallest absolute Gasteiger partial charge is 0.228 e. The second kappa shape index (κ2) is 7.05. The van der Waals surface area contributed by atoms with Gasteiger partial charge in [0.2, 0.25) is 11.8 Å². The van der Waals surface area contributed by atoms with Crippen LogP contribution < -0.4 is 10.2 Å². The van der Waals surface area contributed by atoms with Crippen LogP contribution in [0.15, 0.2) is 24.4 Å². The molecule has 2 amide bonds. The van der Waals surface area contributed by atoms with E-state index in [0.717, 1.165) is 51.1 Å². The van der Waals surface area contributed by atoms with Gasteiger partial charge in [0.15, 0.2) is 0 Å². The standard InChI is InChI=1S/C22H30N4O2/c27-20(17-7-8-17)25-11-3-9-22(21(28)24-12-16-5-6-16)15-26(14-18(22)13-25)19-4-1-2-10-23-19/h1-2,4,10,16-18H,3,5-9,11-15H2,(H,24,28)/t18-,22+/m0/s1. The van der Waals surface area contributed by atoms with Crippen molar-refractivity contribution in [1.82, 2.24) is 15.2 Å². The molecule has 5 rings (SSSR count). The van der Waals surface area contributed by atoms with E-state index in [-0.39, 0.29) is 17.7 Å². The van der Waals surface area contributed by atoms with E-state index in [1.807, 2.05) is 24.4 Å². The lowest BCUT2D eigenvalue weighted by molar-refractivity contribution is -0.136. The molecule has 1 aromatic rings. The number of rotatable bonds is 5. The molecule has 3 heterocycles. The molecular formula is C22H30N4O2. The number of carbonyl (C=O) groups excluding carboxylic acids is 2. The summed E-state index contributed by atoms with van der Waals surface area (Å²) in [6.07, 6.45) is 8.11. The highest BCUT2D eigenvalue weighted by Crippen LogP contribution is 2.45.